The van der Waals surface area contributed by atoms with Crippen LogP contribution in [0.25, 0.3) is 0 Å². The van der Waals surface area contributed by atoms with E-state index >= 15 is 0 Å². The number of hydrogen-bond acceptors (Lipinski definition) is 4. The summed E-state index contributed by atoms with van der Waals surface area (Å²) in [6.45, 7) is 3.75. The molecule has 0 saturated heterocycles. The van der Waals surface area contributed by atoms with Crippen molar-refractivity contribution in [3.05, 3.63) is 23.8 Å². The topological polar surface area (TPSA) is 71.4 Å². The van der Waals surface area contributed by atoms with Crippen molar-refractivity contribution in [1.29, 1.82) is 5.26 Å². The number of carbonyl (C=O) groups excluding carboxylic acids is 1. The number of nitrogens with one attached hydrogen (secondary N) is 1. The normalized spacial score (nSPS) is 10.6. The van der Waals surface area contributed by atoms with Crippen molar-refractivity contribution in [3.8, 4) is 17.6 Å². The van der Waals surface area contributed by atoms with Gasteiger partial charge in [0, 0.05) is 6.07 Å². The van der Waals surface area contributed by atoms with Gasteiger partial charge in [-0.1, -0.05) is 13.8 Å². The van der Waals surface area contributed by atoms with Gasteiger partial charge in [-0.05, 0) is 25.0 Å². The quantitative estimate of drug-likeness (QED) is 0.866. The zero-order valence-electron chi connectivity index (χ0n) is 12.3. The van der Waals surface area contributed by atoms with Crippen LogP contribution in [0.15, 0.2) is 18.2 Å². The SMILES string of the molecule is CCC(C#N)(CC)NC(=O)c1ccc(OC)cc1OC. The van der Waals surface area contributed by atoms with Gasteiger partial charge < -0.3 is 14.8 Å². The Bertz CT molecular complexity index is 516. The number of carbonyl (C=O) groups is 1. The maximum Gasteiger partial charge on any atom is 0.256 e. The Kier molecular flexibility index (Phi) is 5.39. The summed E-state index contributed by atoms with van der Waals surface area (Å²) in [7, 11) is 3.03. The van der Waals surface area contributed by atoms with Gasteiger partial charge in [-0.15, -0.1) is 0 Å². The minimum absolute atomic E-state index is 0.324. The minimum Gasteiger partial charge on any atom is -0.497 e. The second-order valence-electron chi connectivity index (χ2n) is 4.42. The molecule has 1 amide bonds. The lowest BCUT2D eigenvalue weighted by molar-refractivity contribution is 0.0912. The number of rotatable bonds is 6. The lowest BCUT2D eigenvalue weighted by Crippen LogP contribution is -2.46. The predicted molar refractivity (Wildman–Crippen MR) is 75.9 cm³/mol. The first-order valence-electron chi connectivity index (χ1n) is 6.51. The monoisotopic (exact) mass is 276 g/mol. The van der Waals surface area contributed by atoms with Crippen LogP contribution in [0, 0.1) is 11.3 Å². The molecule has 0 heterocycles. The third-order valence-electron chi connectivity index (χ3n) is 3.43. The average Bonchev–Trinajstić information content (AvgIpc) is 2.51. The maximum absolute atomic E-state index is 12.3. The Labute approximate surface area is 119 Å². The Morgan fingerprint density at radius 3 is 2.40 bits per heavy atom. The maximum atomic E-state index is 12.3. The van der Waals surface area contributed by atoms with Crippen LogP contribution >= 0.6 is 0 Å². The molecule has 0 atom stereocenters. The molecule has 0 saturated carbocycles. The van der Waals surface area contributed by atoms with E-state index in [1.807, 2.05) is 13.8 Å². The van der Waals surface area contributed by atoms with Crippen LogP contribution in [-0.4, -0.2) is 25.7 Å². The van der Waals surface area contributed by atoms with Gasteiger partial charge in [0.1, 0.15) is 17.0 Å². The Morgan fingerprint density at radius 2 is 1.95 bits per heavy atom. The van der Waals surface area contributed by atoms with Crippen LogP contribution < -0.4 is 14.8 Å². The van der Waals surface area contributed by atoms with E-state index in [9.17, 15) is 10.1 Å². The van der Waals surface area contributed by atoms with Crippen molar-refractivity contribution >= 4 is 5.91 Å². The van der Waals surface area contributed by atoms with E-state index < -0.39 is 5.54 Å². The predicted octanol–water partition coefficient (Wildman–Crippen LogP) is 2.52. The van der Waals surface area contributed by atoms with Crippen LogP contribution in [0.1, 0.15) is 37.0 Å². The number of methoxy groups -OCH3 is 2. The van der Waals surface area contributed by atoms with Gasteiger partial charge in [-0.25, -0.2) is 0 Å². The molecule has 0 radical (unpaired) electrons. The molecule has 0 spiro atoms. The molecule has 0 aliphatic rings. The van der Waals surface area contributed by atoms with Crippen LogP contribution in [-0.2, 0) is 0 Å². The number of ether oxygens (including phenoxy) is 2. The second kappa shape index (κ2) is 6.80. The van der Waals surface area contributed by atoms with Gasteiger partial charge in [-0.2, -0.15) is 5.26 Å². The first-order valence-corrected chi connectivity index (χ1v) is 6.51. The molecule has 0 aromatic heterocycles. The van der Waals surface area contributed by atoms with Crippen LogP contribution in [0.5, 0.6) is 11.5 Å². The molecular weight excluding hydrogens is 256 g/mol. The average molecular weight is 276 g/mol. The largest absolute Gasteiger partial charge is 0.497 e. The van der Waals surface area contributed by atoms with E-state index in [2.05, 4.69) is 11.4 Å². The van der Waals surface area contributed by atoms with Gasteiger partial charge in [0.25, 0.3) is 5.91 Å². The second-order valence-corrected chi connectivity index (χ2v) is 4.42. The van der Waals surface area contributed by atoms with E-state index in [1.165, 1.54) is 7.11 Å². The molecule has 108 valence electrons. The van der Waals surface area contributed by atoms with E-state index in [-0.39, 0.29) is 5.91 Å². The van der Waals surface area contributed by atoms with Crippen molar-refractivity contribution in [2.75, 3.05) is 14.2 Å². The highest BCUT2D eigenvalue weighted by atomic mass is 16.5. The summed E-state index contributed by atoms with van der Waals surface area (Å²) >= 11 is 0. The highest BCUT2D eigenvalue weighted by molar-refractivity contribution is 5.97. The van der Waals surface area contributed by atoms with Gasteiger partial charge in [-0.3, -0.25) is 4.79 Å². The summed E-state index contributed by atoms with van der Waals surface area (Å²) in [5.74, 6) is 0.701. The van der Waals surface area contributed by atoms with E-state index in [0.29, 0.717) is 29.9 Å². The minimum atomic E-state index is -0.845. The van der Waals surface area contributed by atoms with Crippen LogP contribution in [0.2, 0.25) is 0 Å². The van der Waals surface area contributed by atoms with Crippen molar-refractivity contribution in [2.45, 2.75) is 32.2 Å². The molecule has 20 heavy (non-hydrogen) atoms. The Hall–Kier alpha value is -2.22. The van der Waals surface area contributed by atoms with Gasteiger partial charge in [0.15, 0.2) is 0 Å². The fourth-order valence-electron chi connectivity index (χ4n) is 1.88. The van der Waals surface area contributed by atoms with Gasteiger partial charge >= 0.3 is 0 Å². The third-order valence-corrected chi connectivity index (χ3v) is 3.43. The molecular formula is C15H20N2O3. The molecule has 0 aliphatic heterocycles. The van der Waals surface area contributed by atoms with E-state index in [0.717, 1.165) is 0 Å². The number of hydrogen-bond donors (Lipinski definition) is 1. The summed E-state index contributed by atoms with van der Waals surface area (Å²) in [4.78, 5) is 12.3. The molecule has 0 bridgehead atoms. The Morgan fingerprint density at radius 1 is 1.30 bits per heavy atom. The molecule has 1 aromatic rings. The highest BCUT2D eigenvalue weighted by Gasteiger charge is 2.29. The third kappa shape index (κ3) is 3.21. The van der Waals surface area contributed by atoms with Gasteiger partial charge in [0.2, 0.25) is 0 Å². The Balaban J connectivity index is 3.07. The van der Waals surface area contributed by atoms with Gasteiger partial charge in [0.05, 0.1) is 25.9 Å². The first-order chi connectivity index (χ1) is 9.55. The standard InChI is InChI=1S/C15H20N2O3/c1-5-15(6-2,10-16)17-14(18)12-8-7-11(19-3)9-13(12)20-4/h7-9H,5-6H2,1-4H3,(H,17,18). The lowest BCUT2D eigenvalue weighted by atomic mass is 9.94. The lowest BCUT2D eigenvalue weighted by Gasteiger charge is -2.25. The van der Waals surface area contributed by atoms with E-state index in [1.54, 1.807) is 25.3 Å². The number of benzene rings is 1. The fourth-order valence-corrected chi connectivity index (χ4v) is 1.88. The molecule has 1 aromatic carbocycles. The summed E-state index contributed by atoms with van der Waals surface area (Å²) in [5, 5.41) is 12.1. The van der Waals surface area contributed by atoms with Crippen molar-refractivity contribution in [2.24, 2.45) is 0 Å². The highest BCUT2D eigenvalue weighted by Crippen LogP contribution is 2.25. The zero-order chi connectivity index (χ0) is 15.2. The van der Waals surface area contributed by atoms with Crippen molar-refractivity contribution in [1.82, 2.24) is 5.32 Å². The van der Waals surface area contributed by atoms with E-state index in [4.69, 9.17) is 9.47 Å². The number of nitrogens with zero attached hydrogens (tertiary/aromatic N) is 1. The van der Waals surface area contributed by atoms with Crippen LogP contribution in [0.4, 0.5) is 0 Å². The van der Waals surface area contributed by atoms with Crippen molar-refractivity contribution in [3.63, 3.8) is 0 Å². The first kappa shape index (κ1) is 15.8. The number of nitriles is 1. The zero-order valence-corrected chi connectivity index (χ0v) is 12.3. The summed E-state index contributed by atoms with van der Waals surface area (Å²) in [6, 6.07) is 7.13. The van der Waals surface area contributed by atoms with Crippen molar-refractivity contribution < 1.29 is 14.3 Å². The molecule has 5 heteroatoms. The summed E-state index contributed by atoms with van der Waals surface area (Å²) in [5.41, 5.74) is -0.461. The molecule has 1 N–H and O–H groups in total. The molecule has 0 unspecified atom stereocenters. The molecule has 1 rings (SSSR count). The molecule has 0 fully saturated rings. The smallest absolute Gasteiger partial charge is 0.256 e. The molecule has 5 nitrogen and oxygen atoms in total. The summed E-state index contributed by atoms with van der Waals surface area (Å²) in [6.07, 6.45) is 1.09. The fraction of sp³-hybridized carbons (Fsp3) is 0.467. The van der Waals surface area contributed by atoms with Crippen LogP contribution in [0.3, 0.4) is 0 Å². The number of amides is 1. The summed E-state index contributed by atoms with van der Waals surface area (Å²) < 4.78 is 10.3. The molecule has 0 aliphatic carbocycles.